The third-order valence-corrected chi connectivity index (χ3v) is 6.99. The van der Waals surface area contributed by atoms with Crippen LogP contribution in [0.3, 0.4) is 0 Å². The van der Waals surface area contributed by atoms with Gasteiger partial charge in [0.15, 0.2) is 5.13 Å². The van der Waals surface area contributed by atoms with Crippen LogP contribution in [0.2, 0.25) is 0 Å². The number of hydrogen-bond donors (Lipinski definition) is 1. The van der Waals surface area contributed by atoms with Crippen LogP contribution in [0.15, 0.2) is 41.1 Å². The van der Waals surface area contributed by atoms with Crippen LogP contribution in [0.1, 0.15) is 29.7 Å². The minimum atomic E-state index is -0.0481. The number of rotatable bonds is 5. The molecule has 29 heavy (non-hydrogen) atoms. The molecule has 0 saturated heterocycles. The first-order chi connectivity index (χ1) is 14.2. The molecule has 148 valence electrons. The van der Waals surface area contributed by atoms with E-state index in [1.165, 1.54) is 16.9 Å². The van der Waals surface area contributed by atoms with Crippen LogP contribution in [-0.4, -0.2) is 23.3 Å². The topological polar surface area (TPSA) is 62.3 Å². The van der Waals surface area contributed by atoms with E-state index in [1.54, 1.807) is 11.3 Å². The van der Waals surface area contributed by atoms with Crippen molar-refractivity contribution in [3.63, 3.8) is 0 Å². The number of thiophene rings is 1. The van der Waals surface area contributed by atoms with Gasteiger partial charge < -0.3 is 10.2 Å². The van der Waals surface area contributed by atoms with Gasteiger partial charge in [0, 0.05) is 34.0 Å². The monoisotopic (exact) mass is 423 g/mol. The summed E-state index contributed by atoms with van der Waals surface area (Å²) in [6, 6.07) is 10.1. The summed E-state index contributed by atoms with van der Waals surface area (Å²) in [5.74, 6) is 0.468. The van der Waals surface area contributed by atoms with Crippen LogP contribution in [0.5, 0.6) is 0 Å². The maximum Gasteiger partial charge on any atom is 0.231 e. The Morgan fingerprint density at radius 3 is 2.90 bits per heavy atom. The summed E-state index contributed by atoms with van der Waals surface area (Å²) in [5, 5.41) is 7.45. The summed E-state index contributed by atoms with van der Waals surface area (Å²) in [6.45, 7) is 0.818. The number of carbonyl (C=O) groups is 2. The minimum Gasteiger partial charge on any atom is -0.312 e. The lowest BCUT2D eigenvalue weighted by atomic mass is 9.98. The molecule has 2 amide bonds. The summed E-state index contributed by atoms with van der Waals surface area (Å²) < 4.78 is 0. The van der Waals surface area contributed by atoms with Gasteiger partial charge in [-0.3, -0.25) is 9.59 Å². The van der Waals surface area contributed by atoms with Crippen molar-refractivity contribution in [3.8, 4) is 11.3 Å². The number of hydrogen-bond acceptors (Lipinski definition) is 5. The molecule has 3 heterocycles. The van der Waals surface area contributed by atoms with Crippen LogP contribution < -0.4 is 10.2 Å². The molecule has 0 unspecified atom stereocenters. The molecule has 5 rings (SSSR count). The number of nitrogens with one attached hydrogen (secondary N) is 1. The van der Waals surface area contributed by atoms with Crippen LogP contribution in [-0.2, 0) is 22.4 Å². The Hall–Kier alpha value is -2.51. The summed E-state index contributed by atoms with van der Waals surface area (Å²) in [5.41, 5.74) is 4.14. The van der Waals surface area contributed by atoms with Crippen LogP contribution in [0.4, 0.5) is 10.8 Å². The van der Waals surface area contributed by atoms with Gasteiger partial charge in [0.05, 0.1) is 12.1 Å². The van der Waals surface area contributed by atoms with Crippen molar-refractivity contribution in [2.24, 2.45) is 5.92 Å². The second kappa shape index (κ2) is 7.72. The molecule has 7 heteroatoms. The van der Waals surface area contributed by atoms with Crippen LogP contribution in [0.25, 0.3) is 11.3 Å². The molecule has 0 atom stereocenters. The van der Waals surface area contributed by atoms with Gasteiger partial charge in [-0.2, -0.15) is 0 Å². The number of benzene rings is 1. The molecule has 1 aromatic carbocycles. The van der Waals surface area contributed by atoms with E-state index in [-0.39, 0.29) is 17.7 Å². The lowest BCUT2D eigenvalue weighted by Gasteiger charge is -2.30. The number of fused-ring (bicyclic) bond motifs is 1. The molecule has 5 nitrogen and oxygen atoms in total. The lowest BCUT2D eigenvalue weighted by Crippen LogP contribution is -2.36. The second-order valence-electron chi connectivity index (χ2n) is 7.55. The Balaban J connectivity index is 1.31. The van der Waals surface area contributed by atoms with Crippen molar-refractivity contribution in [1.82, 2.24) is 4.98 Å². The molecule has 0 radical (unpaired) electrons. The molecule has 1 fully saturated rings. The van der Waals surface area contributed by atoms with Crippen molar-refractivity contribution in [1.29, 1.82) is 0 Å². The average molecular weight is 424 g/mol. The van der Waals surface area contributed by atoms with E-state index >= 15 is 0 Å². The van der Waals surface area contributed by atoms with E-state index in [9.17, 15) is 9.59 Å². The summed E-state index contributed by atoms with van der Waals surface area (Å²) in [4.78, 5) is 32.4. The van der Waals surface area contributed by atoms with E-state index in [1.807, 2.05) is 33.9 Å². The zero-order chi connectivity index (χ0) is 19.8. The molecule has 1 aliphatic carbocycles. The highest BCUT2D eigenvalue weighted by molar-refractivity contribution is 7.14. The number of thiazole rings is 1. The second-order valence-corrected chi connectivity index (χ2v) is 9.44. The molecule has 1 aliphatic heterocycles. The van der Waals surface area contributed by atoms with Gasteiger partial charge in [0.1, 0.15) is 0 Å². The highest BCUT2D eigenvalue weighted by atomic mass is 32.1. The molecule has 1 N–H and O–H groups in total. The Kier molecular flexibility index (Phi) is 4.93. The molecular weight excluding hydrogens is 402 g/mol. The summed E-state index contributed by atoms with van der Waals surface area (Å²) >= 11 is 3.01. The van der Waals surface area contributed by atoms with Gasteiger partial charge in [-0.1, -0.05) is 12.1 Å². The molecule has 0 spiro atoms. The smallest absolute Gasteiger partial charge is 0.231 e. The van der Waals surface area contributed by atoms with E-state index in [2.05, 4.69) is 22.4 Å². The first kappa shape index (κ1) is 18.5. The van der Waals surface area contributed by atoms with Gasteiger partial charge in [-0.05, 0) is 54.8 Å². The van der Waals surface area contributed by atoms with Crippen molar-refractivity contribution >= 4 is 45.3 Å². The number of anilines is 2. The normalized spacial score (nSPS) is 15.8. The Labute approximate surface area is 177 Å². The van der Waals surface area contributed by atoms with Gasteiger partial charge >= 0.3 is 0 Å². The maximum atomic E-state index is 12.6. The number of amides is 2. The zero-order valence-electron chi connectivity index (χ0n) is 15.9. The van der Waals surface area contributed by atoms with Crippen LogP contribution in [0, 0.1) is 5.92 Å². The van der Waals surface area contributed by atoms with Gasteiger partial charge in [0.25, 0.3) is 0 Å². The van der Waals surface area contributed by atoms with Crippen molar-refractivity contribution < 1.29 is 9.59 Å². The fourth-order valence-corrected chi connectivity index (χ4v) is 5.17. The van der Waals surface area contributed by atoms with E-state index < -0.39 is 0 Å². The minimum absolute atomic E-state index is 0.0481. The molecule has 1 saturated carbocycles. The van der Waals surface area contributed by atoms with Gasteiger partial charge in [-0.25, -0.2) is 4.98 Å². The molecule has 0 bridgehead atoms. The summed E-state index contributed by atoms with van der Waals surface area (Å²) in [6.07, 6.45) is 4.41. The highest BCUT2D eigenvalue weighted by Gasteiger charge is 2.35. The Morgan fingerprint density at radius 1 is 1.21 bits per heavy atom. The van der Waals surface area contributed by atoms with Crippen molar-refractivity contribution in [2.75, 3.05) is 16.8 Å². The predicted molar refractivity (Wildman–Crippen MR) is 118 cm³/mol. The summed E-state index contributed by atoms with van der Waals surface area (Å²) in [7, 11) is 0. The molecule has 2 aliphatic rings. The van der Waals surface area contributed by atoms with Crippen LogP contribution >= 0.6 is 22.7 Å². The Bertz CT molecular complexity index is 1050. The van der Waals surface area contributed by atoms with Crippen molar-refractivity contribution in [3.05, 3.63) is 51.5 Å². The lowest BCUT2D eigenvalue weighted by molar-refractivity contribution is -0.120. The third kappa shape index (κ3) is 3.97. The average Bonchev–Trinajstić information content (AvgIpc) is 3.27. The third-order valence-electron chi connectivity index (χ3n) is 5.35. The maximum absolute atomic E-state index is 12.6. The number of aryl methyl sites for hydroxylation is 1. The fraction of sp³-hybridized carbons (Fsp3) is 0.318. The van der Waals surface area contributed by atoms with E-state index in [0.717, 1.165) is 54.0 Å². The molecule has 2 aromatic heterocycles. The van der Waals surface area contributed by atoms with Gasteiger partial charge in [0.2, 0.25) is 11.8 Å². The van der Waals surface area contributed by atoms with Gasteiger partial charge in [-0.15, -0.1) is 22.7 Å². The quantitative estimate of drug-likeness (QED) is 0.645. The number of carbonyl (C=O) groups excluding carboxylic acids is 2. The SMILES string of the molecule is O=C(Cc1cccs1)Nc1nc(-c2ccc3c(c2)CCCN3C(=O)C2CC2)cs1. The Morgan fingerprint density at radius 2 is 2.10 bits per heavy atom. The predicted octanol–water partition coefficient (Wildman–Crippen LogP) is 4.74. The zero-order valence-corrected chi connectivity index (χ0v) is 17.5. The standard InChI is InChI=1S/C22H21N3O2S2/c26-20(12-17-4-2-10-28-17)24-22-23-18(13-29-22)15-7-8-19-16(11-15)3-1-9-25(19)21(27)14-5-6-14/h2,4,7-8,10-11,13-14H,1,3,5-6,9,12H2,(H,23,24,26). The molecule has 3 aromatic rings. The first-order valence-corrected chi connectivity index (χ1v) is 11.7. The van der Waals surface area contributed by atoms with Crippen molar-refractivity contribution in [2.45, 2.75) is 32.1 Å². The largest absolute Gasteiger partial charge is 0.312 e. The first-order valence-electron chi connectivity index (χ1n) is 9.90. The van der Waals surface area contributed by atoms with E-state index in [4.69, 9.17) is 0 Å². The fourth-order valence-electron chi connectivity index (χ4n) is 3.73. The number of nitrogens with zero attached hydrogens (tertiary/aromatic N) is 2. The molecular formula is C22H21N3O2S2. The highest BCUT2D eigenvalue weighted by Crippen LogP contribution is 2.37. The van der Waals surface area contributed by atoms with E-state index in [0.29, 0.717) is 11.6 Å². The number of aromatic nitrogens is 1.